The van der Waals surface area contributed by atoms with Gasteiger partial charge in [-0.25, -0.2) is 0 Å². The number of halogens is 1. The zero-order valence-corrected chi connectivity index (χ0v) is 6.89. The molecule has 70 valence electrons. The quantitative estimate of drug-likeness (QED) is 0.474. The second-order valence-electron chi connectivity index (χ2n) is 2.13. The molecule has 1 aromatic heterocycles. The van der Waals surface area contributed by atoms with Crippen molar-refractivity contribution in [2.75, 3.05) is 0 Å². The Morgan fingerprint density at radius 2 is 2.38 bits per heavy atom. The van der Waals surface area contributed by atoms with E-state index in [9.17, 15) is 20.0 Å². The monoisotopic (exact) mass is 204 g/mol. The van der Waals surface area contributed by atoms with Gasteiger partial charge in [-0.1, -0.05) is 0 Å². The SMILES string of the molecule is O=C([O-])Cn1cc([N+](=O)[O-])nc1Cl. The van der Waals surface area contributed by atoms with E-state index in [1.165, 1.54) is 0 Å². The fraction of sp³-hybridized carbons (Fsp3) is 0.200. The minimum Gasteiger partial charge on any atom is -0.548 e. The predicted octanol–water partition coefficient (Wildman–Crippen LogP) is -0.805. The van der Waals surface area contributed by atoms with Crippen molar-refractivity contribution in [3.8, 4) is 0 Å². The second kappa shape index (κ2) is 3.40. The third-order valence-corrected chi connectivity index (χ3v) is 1.50. The number of aliphatic carboxylic acids is 1. The van der Waals surface area contributed by atoms with Crippen LogP contribution >= 0.6 is 11.6 Å². The smallest absolute Gasteiger partial charge is 0.383 e. The van der Waals surface area contributed by atoms with Crippen LogP contribution in [-0.2, 0) is 11.3 Å². The fourth-order valence-electron chi connectivity index (χ4n) is 0.718. The highest BCUT2D eigenvalue weighted by Gasteiger charge is 2.16. The molecule has 0 aliphatic heterocycles. The summed E-state index contributed by atoms with van der Waals surface area (Å²) in [6.07, 6.45) is 0.929. The zero-order valence-electron chi connectivity index (χ0n) is 6.14. The van der Waals surface area contributed by atoms with Crippen LogP contribution in [0.2, 0.25) is 5.28 Å². The number of carboxylic acids is 1. The van der Waals surface area contributed by atoms with Gasteiger partial charge in [0.05, 0.1) is 12.5 Å². The van der Waals surface area contributed by atoms with Crippen molar-refractivity contribution in [2.24, 2.45) is 0 Å². The molecule has 1 heterocycles. The first kappa shape index (κ1) is 9.46. The molecule has 1 aromatic rings. The lowest BCUT2D eigenvalue weighted by Crippen LogP contribution is -2.27. The molecule has 0 unspecified atom stereocenters. The number of rotatable bonds is 3. The lowest BCUT2D eigenvalue weighted by molar-refractivity contribution is -0.389. The second-order valence-corrected chi connectivity index (χ2v) is 2.46. The van der Waals surface area contributed by atoms with Crippen molar-refractivity contribution >= 4 is 23.4 Å². The van der Waals surface area contributed by atoms with Crippen LogP contribution in [0.1, 0.15) is 0 Å². The molecule has 0 bridgehead atoms. The van der Waals surface area contributed by atoms with Crippen LogP contribution in [0.5, 0.6) is 0 Å². The lowest BCUT2D eigenvalue weighted by atomic mass is 10.6. The largest absolute Gasteiger partial charge is 0.548 e. The molecular weight excluding hydrogens is 202 g/mol. The van der Waals surface area contributed by atoms with Crippen LogP contribution in [0.3, 0.4) is 0 Å². The van der Waals surface area contributed by atoms with E-state index >= 15 is 0 Å². The standard InChI is InChI=1S/C5H4ClN3O4/c6-5-7-3(9(12)13)1-8(5)2-4(10)11/h1H,2H2,(H,10,11)/p-1. The van der Waals surface area contributed by atoms with Gasteiger partial charge in [-0.2, -0.15) is 0 Å². The maximum Gasteiger partial charge on any atom is 0.383 e. The van der Waals surface area contributed by atoms with Gasteiger partial charge in [0.25, 0.3) is 0 Å². The number of nitro groups is 1. The molecule has 0 N–H and O–H groups in total. The average Bonchev–Trinajstić information content (AvgIpc) is 2.31. The molecule has 1 rings (SSSR count). The van der Waals surface area contributed by atoms with Crippen molar-refractivity contribution in [1.29, 1.82) is 0 Å². The highest BCUT2D eigenvalue weighted by molar-refractivity contribution is 6.28. The number of carboxylic acid groups (broad SMARTS) is 1. The summed E-state index contributed by atoms with van der Waals surface area (Å²) in [7, 11) is 0. The number of carbonyl (C=O) groups is 1. The van der Waals surface area contributed by atoms with Crippen molar-refractivity contribution in [3.63, 3.8) is 0 Å². The van der Waals surface area contributed by atoms with E-state index in [1.807, 2.05) is 0 Å². The third-order valence-electron chi connectivity index (χ3n) is 1.20. The van der Waals surface area contributed by atoms with Gasteiger partial charge >= 0.3 is 11.1 Å². The Morgan fingerprint density at radius 1 is 1.77 bits per heavy atom. The van der Waals surface area contributed by atoms with Gasteiger partial charge in [0.1, 0.15) is 6.20 Å². The molecule has 0 fully saturated rings. The molecule has 0 radical (unpaired) electrons. The Morgan fingerprint density at radius 3 is 2.77 bits per heavy atom. The molecule has 0 aliphatic rings. The number of carbonyl (C=O) groups excluding carboxylic acids is 1. The Labute approximate surface area is 76.7 Å². The van der Waals surface area contributed by atoms with Crippen LogP contribution in [0.4, 0.5) is 5.82 Å². The van der Waals surface area contributed by atoms with E-state index in [4.69, 9.17) is 11.6 Å². The summed E-state index contributed by atoms with van der Waals surface area (Å²) in [5.41, 5.74) is 0. The van der Waals surface area contributed by atoms with Gasteiger partial charge in [0, 0.05) is 0 Å². The van der Waals surface area contributed by atoms with Gasteiger partial charge in [0.15, 0.2) is 0 Å². The first-order chi connectivity index (χ1) is 6.00. The summed E-state index contributed by atoms with van der Waals surface area (Å²) < 4.78 is 0.912. The van der Waals surface area contributed by atoms with Crippen molar-refractivity contribution in [1.82, 2.24) is 9.55 Å². The molecule has 0 atom stereocenters. The molecule has 13 heavy (non-hydrogen) atoms. The van der Waals surface area contributed by atoms with Crippen molar-refractivity contribution in [3.05, 3.63) is 21.6 Å². The summed E-state index contributed by atoms with van der Waals surface area (Å²) in [5.74, 6) is -1.89. The highest BCUT2D eigenvalue weighted by Crippen LogP contribution is 2.14. The van der Waals surface area contributed by atoms with Gasteiger partial charge in [0.2, 0.25) is 0 Å². The fourth-order valence-corrected chi connectivity index (χ4v) is 0.913. The number of imidazole rings is 1. The van der Waals surface area contributed by atoms with E-state index in [1.54, 1.807) is 0 Å². The minimum atomic E-state index is -1.39. The van der Waals surface area contributed by atoms with Gasteiger partial charge in [-0.15, -0.1) is 0 Å². The number of hydrogen-bond donors (Lipinski definition) is 0. The van der Waals surface area contributed by atoms with Crippen LogP contribution in [-0.4, -0.2) is 20.4 Å². The van der Waals surface area contributed by atoms with E-state index in [-0.39, 0.29) is 5.28 Å². The third kappa shape index (κ3) is 2.15. The maximum absolute atomic E-state index is 10.2. The van der Waals surface area contributed by atoms with E-state index < -0.39 is 23.3 Å². The van der Waals surface area contributed by atoms with Crippen molar-refractivity contribution in [2.45, 2.75) is 6.54 Å². The molecule has 0 saturated heterocycles. The van der Waals surface area contributed by atoms with Crippen LogP contribution < -0.4 is 5.11 Å². The molecule has 0 aliphatic carbocycles. The molecule has 0 amide bonds. The number of nitrogens with zero attached hydrogens (tertiary/aromatic N) is 3. The molecule has 7 nitrogen and oxygen atoms in total. The van der Waals surface area contributed by atoms with Gasteiger partial charge < -0.3 is 20.0 Å². The van der Waals surface area contributed by atoms with E-state index in [0.717, 1.165) is 10.8 Å². The maximum atomic E-state index is 10.2. The van der Waals surface area contributed by atoms with Crippen LogP contribution in [0, 0.1) is 10.1 Å². The Balaban J connectivity index is 2.96. The Hall–Kier alpha value is -1.63. The van der Waals surface area contributed by atoms with Gasteiger partial charge in [-0.3, -0.25) is 4.57 Å². The van der Waals surface area contributed by atoms with E-state index in [2.05, 4.69) is 4.98 Å². The normalized spacial score (nSPS) is 9.92. The average molecular weight is 205 g/mol. The van der Waals surface area contributed by atoms with Crippen LogP contribution in [0.15, 0.2) is 6.20 Å². The first-order valence-electron chi connectivity index (χ1n) is 3.07. The molecule has 8 heteroatoms. The summed E-state index contributed by atoms with van der Waals surface area (Å²) >= 11 is 5.39. The summed E-state index contributed by atoms with van der Waals surface area (Å²) in [6.45, 7) is -0.556. The van der Waals surface area contributed by atoms with Crippen LogP contribution in [0.25, 0.3) is 0 Å². The zero-order chi connectivity index (χ0) is 10.0. The lowest BCUT2D eigenvalue weighted by Gasteiger charge is -2.00. The molecule has 0 spiro atoms. The summed E-state index contributed by atoms with van der Waals surface area (Å²) in [6, 6.07) is 0. The highest BCUT2D eigenvalue weighted by atomic mass is 35.5. The molecule has 0 aromatic carbocycles. The summed E-state index contributed by atoms with van der Waals surface area (Å²) in [4.78, 5) is 22.8. The topological polar surface area (TPSA) is 101 Å². The van der Waals surface area contributed by atoms with E-state index in [0.29, 0.717) is 0 Å². The number of hydrogen-bond acceptors (Lipinski definition) is 5. The first-order valence-corrected chi connectivity index (χ1v) is 3.45. The van der Waals surface area contributed by atoms with Crippen molar-refractivity contribution < 1.29 is 14.8 Å². The molecular formula is C5H3ClN3O4-. The predicted molar refractivity (Wildman–Crippen MR) is 38.9 cm³/mol. The summed E-state index contributed by atoms with van der Waals surface area (Å²) in [5, 5.41) is 20.0. The van der Waals surface area contributed by atoms with Gasteiger partial charge in [-0.05, 0) is 21.5 Å². The Bertz CT molecular complexity index is 361. The minimum absolute atomic E-state index is 0.254. The number of aromatic nitrogens is 2. The Kier molecular flexibility index (Phi) is 2.47. The molecule has 0 saturated carbocycles.